The van der Waals surface area contributed by atoms with Crippen molar-refractivity contribution in [1.82, 2.24) is 0 Å². The minimum absolute atomic E-state index is 0.538. The zero-order valence-corrected chi connectivity index (χ0v) is 8.27. The molecule has 0 amide bonds. The number of allylic oxidation sites excluding steroid dienone is 1. The molecule has 76 valence electrons. The van der Waals surface area contributed by atoms with Gasteiger partial charge in [-0.15, -0.1) is 0 Å². The van der Waals surface area contributed by atoms with Crippen molar-refractivity contribution in [3.63, 3.8) is 0 Å². The molecule has 0 aliphatic heterocycles. The van der Waals surface area contributed by atoms with Gasteiger partial charge in [0.15, 0.2) is 0 Å². The Kier molecular flexibility index (Phi) is 3.50. The summed E-state index contributed by atoms with van der Waals surface area (Å²) in [6.07, 6.45) is 1.47. The molecule has 0 radical (unpaired) electrons. The van der Waals surface area contributed by atoms with Gasteiger partial charge in [-0.05, 0) is 24.6 Å². The van der Waals surface area contributed by atoms with Gasteiger partial charge in [0.1, 0.15) is 0 Å². The number of hydrazine groups is 1. The van der Waals surface area contributed by atoms with Gasteiger partial charge >= 0.3 is 0 Å². The average Bonchev–Trinajstić information content (AvgIpc) is 2.27. The van der Waals surface area contributed by atoms with Gasteiger partial charge in [0.2, 0.25) is 0 Å². The molecule has 1 rings (SSSR count). The molecule has 0 fully saturated rings. The summed E-state index contributed by atoms with van der Waals surface area (Å²) in [4.78, 5) is 0. The van der Waals surface area contributed by atoms with Crippen molar-refractivity contribution in [2.24, 2.45) is 17.3 Å². The van der Waals surface area contributed by atoms with Gasteiger partial charge < -0.3 is 11.5 Å². The smallest absolute Gasteiger partial charge is 0.0572 e. The van der Waals surface area contributed by atoms with E-state index >= 15 is 0 Å². The molecule has 0 aliphatic carbocycles. The first-order valence-electron chi connectivity index (χ1n) is 4.41. The fourth-order valence-corrected chi connectivity index (χ4v) is 1.08. The van der Waals surface area contributed by atoms with Gasteiger partial charge in [-0.1, -0.05) is 12.1 Å². The Morgan fingerprint density at radius 2 is 1.93 bits per heavy atom. The van der Waals surface area contributed by atoms with E-state index in [-0.39, 0.29) is 0 Å². The van der Waals surface area contributed by atoms with Crippen molar-refractivity contribution < 1.29 is 0 Å². The van der Waals surface area contributed by atoms with Crippen LogP contribution in [0.15, 0.2) is 36.2 Å². The maximum Gasteiger partial charge on any atom is 0.0572 e. The van der Waals surface area contributed by atoms with Crippen LogP contribution in [0.1, 0.15) is 12.5 Å². The topological polar surface area (TPSA) is 81.3 Å². The highest BCUT2D eigenvalue weighted by Gasteiger charge is 2.01. The van der Waals surface area contributed by atoms with E-state index in [1.807, 2.05) is 31.2 Å². The molecule has 0 bridgehead atoms. The largest absolute Gasteiger partial charge is 0.403 e. The molecule has 4 nitrogen and oxygen atoms in total. The fourth-order valence-electron chi connectivity index (χ4n) is 1.08. The lowest BCUT2D eigenvalue weighted by Crippen LogP contribution is -2.29. The maximum absolute atomic E-state index is 5.79. The summed E-state index contributed by atoms with van der Waals surface area (Å²) in [5.41, 5.74) is 13.6. The third-order valence-electron chi connectivity index (χ3n) is 2.07. The van der Waals surface area contributed by atoms with Crippen LogP contribution in [0, 0.1) is 0 Å². The predicted molar refractivity (Wildman–Crippen MR) is 58.9 cm³/mol. The lowest BCUT2D eigenvalue weighted by Gasteiger charge is -2.18. The van der Waals surface area contributed by atoms with Crippen LogP contribution in [-0.4, -0.2) is 0 Å². The number of hydrogen-bond donors (Lipinski definition) is 3. The third-order valence-corrected chi connectivity index (χ3v) is 2.07. The zero-order valence-electron chi connectivity index (χ0n) is 8.27. The van der Waals surface area contributed by atoms with Crippen molar-refractivity contribution in [3.8, 4) is 0 Å². The summed E-state index contributed by atoms with van der Waals surface area (Å²) in [6.45, 7) is 2.38. The second kappa shape index (κ2) is 4.64. The summed E-state index contributed by atoms with van der Waals surface area (Å²) in [6, 6.07) is 7.71. The predicted octanol–water partition coefficient (Wildman–Crippen LogP) is 0.645. The highest BCUT2D eigenvalue weighted by Crippen LogP contribution is 2.15. The van der Waals surface area contributed by atoms with Crippen LogP contribution in [0.25, 0.3) is 0 Å². The molecule has 0 aliphatic rings. The third kappa shape index (κ3) is 2.25. The zero-order chi connectivity index (χ0) is 10.6. The van der Waals surface area contributed by atoms with E-state index in [0.717, 1.165) is 16.9 Å². The maximum atomic E-state index is 5.79. The SMILES string of the molecule is C/C(=C/N)N(N)c1ccc(CN)cc1. The van der Waals surface area contributed by atoms with E-state index < -0.39 is 0 Å². The van der Waals surface area contributed by atoms with Crippen LogP contribution < -0.4 is 22.3 Å². The molecule has 6 N–H and O–H groups in total. The summed E-state index contributed by atoms with van der Waals surface area (Å²) >= 11 is 0. The minimum Gasteiger partial charge on any atom is -0.403 e. The van der Waals surface area contributed by atoms with E-state index in [4.69, 9.17) is 17.3 Å². The van der Waals surface area contributed by atoms with Gasteiger partial charge in [-0.25, -0.2) is 5.84 Å². The van der Waals surface area contributed by atoms with E-state index in [2.05, 4.69) is 0 Å². The van der Waals surface area contributed by atoms with Crippen molar-refractivity contribution >= 4 is 5.69 Å². The highest BCUT2D eigenvalue weighted by atomic mass is 15.4. The van der Waals surface area contributed by atoms with Gasteiger partial charge in [-0.3, -0.25) is 5.01 Å². The molecular formula is C10H16N4. The quantitative estimate of drug-likeness (QED) is 0.485. The van der Waals surface area contributed by atoms with Crippen LogP contribution >= 0.6 is 0 Å². The van der Waals surface area contributed by atoms with E-state index in [9.17, 15) is 0 Å². The van der Waals surface area contributed by atoms with Crippen LogP contribution in [0.2, 0.25) is 0 Å². The van der Waals surface area contributed by atoms with Crippen LogP contribution in [0.4, 0.5) is 5.69 Å². The Balaban J connectivity index is 2.86. The number of rotatable bonds is 3. The van der Waals surface area contributed by atoms with Gasteiger partial charge in [-0.2, -0.15) is 0 Å². The Bertz CT molecular complexity index is 315. The molecule has 0 aromatic heterocycles. The lowest BCUT2D eigenvalue weighted by molar-refractivity contribution is 0.983. The Morgan fingerprint density at radius 3 is 2.36 bits per heavy atom. The Hall–Kier alpha value is -1.52. The second-order valence-corrected chi connectivity index (χ2v) is 3.05. The monoisotopic (exact) mass is 192 g/mol. The molecular weight excluding hydrogens is 176 g/mol. The Labute approximate surface area is 84.0 Å². The lowest BCUT2D eigenvalue weighted by atomic mass is 10.2. The number of nitrogens with zero attached hydrogens (tertiary/aromatic N) is 1. The van der Waals surface area contributed by atoms with Gasteiger partial charge in [0, 0.05) is 18.4 Å². The molecule has 4 heteroatoms. The molecule has 0 unspecified atom stereocenters. The molecule has 0 spiro atoms. The standard InChI is InChI=1S/C10H16N4/c1-8(6-11)14(13)10-4-2-9(7-12)3-5-10/h2-6H,7,11-13H2,1H3/b8-6-. The van der Waals surface area contributed by atoms with Crippen LogP contribution in [-0.2, 0) is 6.54 Å². The number of hydrogen-bond acceptors (Lipinski definition) is 4. The van der Waals surface area contributed by atoms with E-state index in [1.54, 1.807) is 0 Å². The number of nitrogens with two attached hydrogens (primary N) is 3. The highest BCUT2D eigenvalue weighted by molar-refractivity contribution is 5.50. The van der Waals surface area contributed by atoms with Crippen LogP contribution in [0.5, 0.6) is 0 Å². The van der Waals surface area contributed by atoms with E-state index in [1.165, 1.54) is 11.2 Å². The van der Waals surface area contributed by atoms with Crippen molar-refractivity contribution in [1.29, 1.82) is 0 Å². The van der Waals surface area contributed by atoms with Crippen molar-refractivity contribution in [2.45, 2.75) is 13.5 Å². The molecule has 14 heavy (non-hydrogen) atoms. The average molecular weight is 192 g/mol. The fraction of sp³-hybridized carbons (Fsp3) is 0.200. The van der Waals surface area contributed by atoms with Crippen molar-refractivity contribution in [3.05, 3.63) is 41.7 Å². The van der Waals surface area contributed by atoms with E-state index in [0.29, 0.717) is 6.54 Å². The van der Waals surface area contributed by atoms with Gasteiger partial charge in [0.05, 0.1) is 5.69 Å². The second-order valence-electron chi connectivity index (χ2n) is 3.05. The van der Waals surface area contributed by atoms with Gasteiger partial charge in [0.25, 0.3) is 0 Å². The molecule has 0 atom stereocenters. The molecule has 1 aromatic carbocycles. The first kappa shape index (κ1) is 10.6. The summed E-state index contributed by atoms with van der Waals surface area (Å²) < 4.78 is 0. The van der Waals surface area contributed by atoms with Crippen LogP contribution in [0.3, 0.4) is 0 Å². The Morgan fingerprint density at radius 1 is 1.36 bits per heavy atom. The molecule has 0 saturated carbocycles. The summed E-state index contributed by atoms with van der Waals surface area (Å²) in [5, 5.41) is 1.53. The first-order valence-corrected chi connectivity index (χ1v) is 4.41. The molecule has 0 heterocycles. The summed E-state index contributed by atoms with van der Waals surface area (Å²) in [7, 11) is 0. The number of anilines is 1. The molecule has 0 saturated heterocycles. The minimum atomic E-state index is 0.538. The number of benzene rings is 1. The van der Waals surface area contributed by atoms with Crippen molar-refractivity contribution in [2.75, 3.05) is 5.01 Å². The first-order chi connectivity index (χ1) is 6.69. The molecule has 1 aromatic rings. The summed E-state index contributed by atoms with van der Waals surface area (Å²) in [5.74, 6) is 5.79. The normalized spacial score (nSPS) is 11.5.